The normalized spacial score (nSPS) is 37.3. The lowest BCUT2D eigenvalue weighted by atomic mass is 9.48. The van der Waals surface area contributed by atoms with Crippen LogP contribution in [0.3, 0.4) is 0 Å². The molecule has 0 bridgehead atoms. The second kappa shape index (κ2) is 7.97. The van der Waals surface area contributed by atoms with Crippen LogP contribution in [0.2, 0.25) is 0 Å². The van der Waals surface area contributed by atoms with E-state index in [2.05, 4.69) is 36.3 Å². The van der Waals surface area contributed by atoms with Gasteiger partial charge in [0.2, 0.25) is 0 Å². The zero-order chi connectivity index (χ0) is 24.5. The number of rotatable bonds is 3. The van der Waals surface area contributed by atoms with Gasteiger partial charge in [0.1, 0.15) is 5.57 Å². The van der Waals surface area contributed by atoms with Crippen LogP contribution in [0.5, 0.6) is 0 Å². The monoisotopic (exact) mass is 473 g/mol. The molecule has 1 aromatic carbocycles. The number of aromatic amines is 1. The van der Waals surface area contributed by atoms with Gasteiger partial charge in [0.25, 0.3) is 11.8 Å². The van der Waals surface area contributed by atoms with Crippen LogP contribution in [-0.4, -0.2) is 34.8 Å². The second-order valence-electron chi connectivity index (χ2n) is 12.4. The third-order valence-corrected chi connectivity index (χ3v) is 10.7. The molecule has 2 amide bonds. The number of benzene rings is 1. The van der Waals surface area contributed by atoms with Crippen LogP contribution in [0.1, 0.15) is 77.3 Å². The second-order valence-corrected chi connectivity index (χ2v) is 12.4. The largest absolute Gasteiger partial charge is 0.361 e. The Morgan fingerprint density at radius 2 is 1.91 bits per heavy atom. The molecule has 4 aliphatic rings. The van der Waals surface area contributed by atoms with E-state index in [1.807, 2.05) is 43.3 Å². The van der Waals surface area contributed by atoms with E-state index in [0.29, 0.717) is 22.8 Å². The summed E-state index contributed by atoms with van der Waals surface area (Å²) in [5, 5.41) is 4.25. The van der Waals surface area contributed by atoms with Gasteiger partial charge in [-0.2, -0.15) is 0 Å². The van der Waals surface area contributed by atoms with Crippen molar-refractivity contribution in [3.8, 4) is 0 Å². The third-order valence-electron chi connectivity index (χ3n) is 10.7. The van der Waals surface area contributed by atoms with Gasteiger partial charge in [-0.15, -0.1) is 0 Å². The lowest BCUT2D eigenvalue weighted by Gasteiger charge is -2.60. The summed E-state index contributed by atoms with van der Waals surface area (Å²) in [4.78, 5) is 32.2. The quantitative estimate of drug-likeness (QED) is 0.558. The smallest absolute Gasteiger partial charge is 0.259 e. The summed E-state index contributed by atoms with van der Waals surface area (Å²) in [7, 11) is 1.91. The Morgan fingerprint density at radius 1 is 1.11 bits per heavy atom. The molecule has 0 spiro atoms. The Labute approximate surface area is 208 Å². The van der Waals surface area contributed by atoms with Crippen molar-refractivity contribution in [1.82, 2.24) is 15.2 Å². The number of hydrogen-bond acceptors (Lipinski definition) is 2. The fourth-order valence-corrected chi connectivity index (χ4v) is 8.85. The molecule has 5 heteroatoms. The van der Waals surface area contributed by atoms with Crippen molar-refractivity contribution in [3.63, 3.8) is 0 Å². The SMILES string of the molecule is CC(NC(=O)C1=C[C@@]2(C)C(CC[C@@H]3[C@H]2CC[C@]2(C)CCC[C@@H]32)N(C)C1=O)c1c[nH]c2ccccc12. The highest BCUT2D eigenvalue weighted by Gasteiger charge is 2.59. The Bertz CT molecular complexity index is 1210. The first-order valence-corrected chi connectivity index (χ1v) is 13.6. The molecule has 2 unspecified atom stereocenters. The van der Waals surface area contributed by atoms with Crippen molar-refractivity contribution in [2.75, 3.05) is 7.05 Å². The molecule has 1 aromatic heterocycles. The predicted octanol–water partition coefficient (Wildman–Crippen LogP) is 5.74. The number of likely N-dealkylation sites (N-methyl/N-ethyl adjacent to an activating group) is 1. The summed E-state index contributed by atoms with van der Waals surface area (Å²) >= 11 is 0. The number of nitrogens with zero attached hydrogens (tertiary/aromatic N) is 1. The average Bonchev–Trinajstić information content (AvgIpc) is 3.45. The van der Waals surface area contributed by atoms with Gasteiger partial charge in [-0.25, -0.2) is 0 Å². The zero-order valence-corrected chi connectivity index (χ0v) is 21.6. The van der Waals surface area contributed by atoms with E-state index in [1.54, 1.807) is 0 Å². The van der Waals surface area contributed by atoms with E-state index < -0.39 is 0 Å². The number of hydrogen-bond donors (Lipinski definition) is 2. The Morgan fingerprint density at radius 3 is 2.74 bits per heavy atom. The number of aromatic nitrogens is 1. The third kappa shape index (κ3) is 3.33. The van der Waals surface area contributed by atoms with Crippen LogP contribution in [-0.2, 0) is 9.59 Å². The molecule has 1 aliphatic heterocycles. The van der Waals surface area contributed by atoms with Crippen LogP contribution in [0.4, 0.5) is 0 Å². The number of para-hydroxylation sites is 1. The van der Waals surface area contributed by atoms with Crippen molar-refractivity contribution in [3.05, 3.63) is 47.7 Å². The minimum atomic E-state index is -0.247. The lowest BCUT2D eigenvalue weighted by Crippen LogP contribution is -2.61. The fraction of sp³-hybridized carbons (Fsp3) is 0.600. The van der Waals surface area contributed by atoms with E-state index in [1.165, 1.54) is 38.5 Å². The maximum Gasteiger partial charge on any atom is 0.259 e. The van der Waals surface area contributed by atoms with E-state index in [-0.39, 0.29) is 29.3 Å². The van der Waals surface area contributed by atoms with Crippen molar-refractivity contribution < 1.29 is 9.59 Å². The van der Waals surface area contributed by atoms with Gasteiger partial charge in [-0.05, 0) is 80.2 Å². The maximum atomic E-state index is 13.6. The van der Waals surface area contributed by atoms with Gasteiger partial charge < -0.3 is 15.2 Å². The first kappa shape index (κ1) is 22.9. The molecule has 3 aliphatic carbocycles. The zero-order valence-electron chi connectivity index (χ0n) is 21.6. The minimum absolute atomic E-state index is 0.129. The molecule has 2 N–H and O–H groups in total. The molecule has 0 radical (unpaired) electrons. The van der Waals surface area contributed by atoms with Gasteiger partial charge in [-0.3, -0.25) is 9.59 Å². The molecule has 2 aromatic rings. The summed E-state index contributed by atoms with van der Waals surface area (Å²) in [6.45, 7) is 6.85. The molecule has 6 rings (SSSR count). The maximum absolute atomic E-state index is 13.6. The number of carbonyl (C=O) groups is 2. The molecule has 3 fully saturated rings. The summed E-state index contributed by atoms with van der Waals surface area (Å²) in [5.74, 6) is 1.68. The van der Waals surface area contributed by atoms with Gasteiger partial charge in [-0.1, -0.05) is 44.5 Å². The number of nitrogens with one attached hydrogen (secondary N) is 2. The van der Waals surface area contributed by atoms with E-state index in [9.17, 15) is 9.59 Å². The van der Waals surface area contributed by atoms with Gasteiger partial charge in [0.05, 0.1) is 6.04 Å². The Balaban J connectivity index is 1.30. The molecule has 7 atom stereocenters. The molecule has 3 saturated carbocycles. The molecular formula is C30H39N3O2. The topological polar surface area (TPSA) is 65.2 Å². The van der Waals surface area contributed by atoms with Crippen LogP contribution in [0.25, 0.3) is 10.9 Å². The predicted molar refractivity (Wildman–Crippen MR) is 139 cm³/mol. The molecular weight excluding hydrogens is 434 g/mol. The summed E-state index contributed by atoms with van der Waals surface area (Å²) < 4.78 is 0. The highest BCUT2D eigenvalue weighted by molar-refractivity contribution is 6.19. The summed E-state index contributed by atoms with van der Waals surface area (Å²) in [6, 6.07) is 8.10. The van der Waals surface area contributed by atoms with E-state index in [4.69, 9.17) is 0 Å². The van der Waals surface area contributed by atoms with Crippen molar-refractivity contribution in [2.45, 2.75) is 77.8 Å². The van der Waals surface area contributed by atoms with Crippen molar-refractivity contribution in [1.29, 1.82) is 0 Å². The molecule has 35 heavy (non-hydrogen) atoms. The number of carbonyl (C=O) groups excluding carboxylic acids is 2. The molecule has 2 heterocycles. The van der Waals surface area contributed by atoms with Gasteiger partial charge in [0, 0.05) is 35.6 Å². The van der Waals surface area contributed by atoms with Gasteiger partial charge >= 0.3 is 0 Å². The van der Waals surface area contributed by atoms with Crippen LogP contribution in [0, 0.1) is 28.6 Å². The average molecular weight is 474 g/mol. The number of H-pyrrole nitrogens is 1. The highest BCUT2D eigenvalue weighted by Crippen LogP contribution is 2.64. The standard InChI is InChI=1S/C30H39N3O2/c1-18(22-17-31-25-10-6-5-8-19(22)25)32-27(34)21-16-30(3)24-13-15-29(2)14-7-9-23(29)20(24)11-12-26(30)33(4)28(21)35/h5-6,8,10,16-18,20,23-24,26,31H,7,9,11-15H2,1-4H3,(H,32,34)/t18?,20-,23-,24+,26?,29-,30+/m0/s1. The van der Waals surface area contributed by atoms with Crippen molar-refractivity contribution in [2.24, 2.45) is 28.6 Å². The fourth-order valence-electron chi connectivity index (χ4n) is 8.85. The summed E-state index contributed by atoms with van der Waals surface area (Å²) in [6.07, 6.45) is 12.9. The Hall–Kier alpha value is -2.56. The first-order valence-electron chi connectivity index (χ1n) is 13.6. The number of amides is 2. The van der Waals surface area contributed by atoms with Crippen LogP contribution < -0.4 is 5.32 Å². The van der Waals surface area contributed by atoms with E-state index >= 15 is 0 Å². The molecule has 0 saturated heterocycles. The minimum Gasteiger partial charge on any atom is -0.361 e. The highest BCUT2D eigenvalue weighted by atomic mass is 16.2. The summed E-state index contributed by atoms with van der Waals surface area (Å²) in [5.41, 5.74) is 2.78. The number of fused-ring (bicyclic) bond motifs is 6. The Kier molecular flexibility index (Phi) is 5.21. The van der Waals surface area contributed by atoms with Crippen molar-refractivity contribution >= 4 is 22.7 Å². The van der Waals surface area contributed by atoms with Crippen LogP contribution >= 0.6 is 0 Å². The van der Waals surface area contributed by atoms with E-state index in [0.717, 1.165) is 28.8 Å². The first-order chi connectivity index (χ1) is 16.7. The van der Waals surface area contributed by atoms with Crippen LogP contribution in [0.15, 0.2) is 42.1 Å². The lowest BCUT2D eigenvalue weighted by molar-refractivity contribution is -0.141. The molecule has 186 valence electrons. The molecule has 5 nitrogen and oxygen atoms in total. The van der Waals surface area contributed by atoms with Gasteiger partial charge in [0.15, 0.2) is 0 Å².